The molecule has 0 aromatic rings. The predicted molar refractivity (Wildman–Crippen MR) is 229 cm³/mol. The molecule has 0 amide bonds. The smallest absolute Gasteiger partial charge is 0.462 e. The van der Waals surface area contributed by atoms with Gasteiger partial charge in [-0.2, -0.15) is 0 Å². The van der Waals surface area contributed by atoms with Crippen LogP contribution in [-0.4, -0.2) is 74.9 Å². The molecule has 0 aromatic heterocycles. The van der Waals surface area contributed by atoms with Crippen LogP contribution in [0.4, 0.5) is 0 Å². The lowest BCUT2D eigenvalue weighted by molar-refractivity contribution is -0.870. The van der Waals surface area contributed by atoms with Gasteiger partial charge in [0.05, 0.1) is 27.7 Å². The maximum Gasteiger partial charge on any atom is 0.472 e. The van der Waals surface area contributed by atoms with Crippen molar-refractivity contribution < 1.29 is 42.1 Å². The van der Waals surface area contributed by atoms with E-state index in [4.69, 9.17) is 18.5 Å². The van der Waals surface area contributed by atoms with Crippen LogP contribution in [0.15, 0.2) is 60.8 Å². The topological polar surface area (TPSA) is 108 Å². The second-order valence-electron chi connectivity index (χ2n) is 15.3. The van der Waals surface area contributed by atoms with Gasteiger partial charge in [0.25, 0.3) is 0 Å². The molecule has 318 valence electrons. The number of hydrogen-bond donors (Lipinski definition) is 1. The number of allylic oxidation sites excluding steroid dienone is 10. The molecule has 9 nitrogen and oxygen atoms in total. The Morgan fingerprint density at radius 3 is 1.56 bits per heavy atom. The number of phosphoric ester groups is 1. The molecule has 0 aromatic carbocycles. The molecule has 55 heavy (non-hydrogen) atoms. The number of nitrogens with zero attached hydrogens (tertiary/aromatic N) is 1. The fraction of sp³-hybridized carbons (Fsp3) is 0.733. The van der Waals surface area contributed by atoms with Gasteiger partial charge in [-0.15, -0.1) is 0 Å². The Morgan fingerprint density at radius 1 is 0.582 bits per heavy atom. The van der Waals surface area contributed by atoms with Crippen LogP contribution in [-0.2, 0) is 32.7 Å². The standard InChI is InChI=1S/C45H80NO8P/c1-6-8-10-12-14-16-18-20-21-22-23-24-25-26-28-30-32-34-36-38-45(48)54-43(42-53-55(49,50)52-40-39-46(3,4)5)41-51-44(47)37-35-33-31-29-27-19-17-15-13-11-9-7-2/h8,10,14-17,20-21,23-24,43H,6-7,9,11-13,18-19,22,25-42H2,1-5H3/p+1/b10-8-,16-14-,17-15-,21-20-,24-23-. The highest BCUT2D eigenvalue weighted by Crippen LogP contribution is 2.43. The minimum Gasteiger partial charge on any atom is -0.462 e. The van der Waals surface area contributed by atoms with Gasteiger partial charge in [-0.05, 0) is 77.0 Å². The third-order valence-electron chi connectivity index (χ3n) is 8.78. The molecule has 0 fully saturated rings. The monoisotopic (exact) mass is 795 g/mol. The normalized spacial score (nSPS) is 14.2. The van der Waals surface area contributed by atoms with Crippen molar-refractivity contribution in [2.75, 3.05) is 47.5 Å². The molecule has 0 aliphatic heterocycles. The Labute approximate surface area is 336 Å². The summed E-state index contributed by atoms with van der Waals surface area (Å²) in [5.74, 6) is -0.831. The summed E-state index contributed by atoms with van der Waals surface area (Å²) in [7, 11) is 1.45. The number of quaternary nitrogens is 1. The maximum atomic E-state index is 12.7. The van der Waals surface area contributed by atoms with E-state index >= 15 is 0 Å². The largest absolute Gasteiger partial charge is 0.472 e. The van der Waals surface area contributed by atoms with Gasteiger partial charge in [-0.25, -0.2) is 4.57 Å². The predicted octanol–water partition coefficient (Wildman–Crippen LogP) is 12.1. The number of ether oxygens (including phenoxy) is 2. The minimum absolute atomic E-state index is 0.0247. The van der Waals surface area contributed by atoms with Crippen LogP contribution in [0.1, 0.15) is 162 Å². The summed E-state index contributed by atoms with van der Waals surface area (Å²) in [6.45, 7) is 4.24. The van der Waals surface area contributed by atoms with Crippen molar-refractivity contribution in [2.45, 2.75) is 168 Å². The van der Waals surface area contributed by atoms with Gasteiger partial charge in [0.2, 0.25) is 0 Å². The summed E-state index contributed by atoms with van der Waals surface area (Å²) in [6.07, 6.45) is 44.1. The summed E-state index contributed by atoms with van der Waals surface area (Å²) in [5, 5.41) is 0. The number of esters is 2. The first-order valence-corrected chi connectivity index (χ1v) is 23.0. The van der Waals surface area contributed by atoms with Crippen molar-refractivity contribution in [3.05, 3.63) is 60.8 Å². The summed E-state index contributed by atoms with van der Waals surface area (Å²) >= 11 is 0. The molecule has 0 spiro atoms. The van der Waals surface area contributed by atoms with E-state index in [-0.39, 0.29) is 32.0 Å². The summed E-state index contributed by atoms with van der Waals surface area (Å²) < 4.78 is 34.2. The van der Waals surface area contributed by atoms with Gasteiger partial charge in [0.1, 0.15) is 19.8 Å². The molecular formula is C45H81NO8P+. The SMILES string of the molecule is CC/C=C\C/C=C\C/C=C\C/C=C\CCCCCCCCC(=O)OC(COC(=O)CCCCCCC/C=C\CCCCC)COP(=O)(O)OCC[N+](C)(C)C. The third kappa shape index (κ3) is 41.2. The molecule has 0 radical (unpaired) electrons. The number of unbranched alkanes of at least 4 members (excludes halogenated alkanes) is 14. The van der Waals surface area contributed by atoms with Gasteiger partial charge in [-0.1, -0.05) is 132 Å². The summed E-state index contributed by atoms with van der Waals surface area (Å²) in [4.78, 5) is 35.3. The Hall–Kier alpha value is -2.29. The van der Waals surface area contributed by atoms with E-state index < -0.39 is 26.5 Å². The van der Waals surface area contributed by atoms with Gasteiger partial charge in [-0.3, -0.25) is 18.6 Å². The van der Waals surface area contributed by atoms with E-state index in [9.17, 15) is 19.0 Å². The molecule has 0 heterocycles. The maximum absolute atomic E-state index is 12.7. The molecule has 10 heteroatoms. The average Bonchev–Trinajstić information content (AvgIpc) is 3.13. The van der Waals surface area contributed by atoms with Gasteiger partial charge >= 0.3 is 19.8 Å². The lowest BCUT2D eigenvalue weighted by atomic mass is 10.1. The van der Waals surface area contributed by atoms with Crippen LogP contribution in [0.25, 0.3) is 0 Å². The van der Waals surface area contributed by atoms with Gasteiger partial charge < -0.3 is 18.9 Å². The molecule has 2 atom stereocenters. The van der Waals surface area contributed by atoms with E-state index in [1.807, 2.05) is 21.1 Å². The van der Waals surface area contributed by atoms with Gasteiger partial charge in [0.15, 0.2) is 6.10 Å². The molecule has 2 unspecified atom stereocenters. The highest BCUT2D eigenvalue weighted by Gasteiger charge is 2.27. The molecule has 1 N–H and O–H groups in total. The number of likely N-dealkylation sites (N-methyl/N-ethyl adjacent to an activating group) is 1. The molecule has 0 aliphatic carbocycles. The minimum atomic E-state index is -4.38. The van der Waals surface area contributed by atoms with Crippen LogP contribution in [0.2, 0.25) is 0 Å². The van der Waals surface area contributed by atoms with Crippen LogP contribution in [0.5, 0.6) is 0 Å². The van der Waals surface area contributed by atoms with Crippen LogP contribution in [0, 0.1) is 0 Å². The summed E-state index contributed by atoms with van der Waals surface area (Å²) in [6, 6.07) is 0. The van der Waals surface area contributed by atoms with Crippen molar-refractivity contribution in [1.29, 1.82) is 0 Å². The Morgan fingerprint density at radius 2 is 1.04 bits per heavy atom. The van der Waals surface area contributed by atoms with E-state index in [2.05, 4.69) is 74.6 Å². The number of rotatable bonds is 38. The molecule has 0 saturated carbocycles. The van der Waals surface area contributed by atoms with Crippen molar-refractivity contribution in [2.24, 2.45) is 0 Å². The zero-order valence-corrected chi connectivity index (χ0v) is 36.5. The van der Waals surface area contributed by atoms with Crippen molar-refractivity contribution in [3.8, 4) is 0 Å². The fourth-order valence-corrected chi connectivity index (χ4v) is 6.15. The lowest BCUT2D eigenvalue weighted by Crippen LogP contribution is -2.37. The van der Waals surface area contributed by atoms with Crippen molar-refractivity contribution >= 4 is 19.8 Å². The van der Waals surface area contributed by atoms with Crippen LogP contribution in [0.3, 0.4) is 0 Å². The van der Waals surface area contributed by atoms with E-state index in [1.54, 1.807) is 0 Å². The molecule has 0 bridgehead atoms. The second kappa shape index (κ2) is 37.3. The zero-order chi connectivity index (χ0) is 40.7. The second-order valence-corrected chi connectivity index (χ2v) is 16.8. The van der Waals surface area contributed by atoms with E-state index in [0.29, 0.717) is 17.4 Å². The average molecular weight is 795 g/mol. The molecule has 0 saturated heterocycles. The fourth-order valence-electron chi connectivity index (χ4n) is 5.41. The Kier molecular flexibility index (Phi) is 35.7. The molecule has 0 rings (SSSR count). The van der Waals surface area contributed by atoms with Crippen molar-refractivity contribution in [3.63, 3.8) is 0 Å². The number of carbonyl (C=O) groups is 2. The zero-order valence-electron chi connectivity index (χ0n) is 35.6. The van der Waals surface area contributed by atoms with Crippen molar-refractivity contribution in [1.82, 2.24) is 0 Å². The first-order chi connectivity index (χ1) is 26.5. The van der Waals surface area contributed by atoms with E-state index in [0.717, 1.165) is 103 Å². The van der Waals surface area contributed by atoms with E-state index in [1.165, 1.54) is 25.7 Å². The highest BCUT2D eigenvalue weighted by atomic mass is 31.2. The number of phosphoric acid groups is 1. The highest BCUT2D eigenvalue weighted by molar-refractivity contribution is 7.47. The molecule has 0 aliphatic rings. The Bertz CT molecular complexity index is 1120. The number of carbonyl (C=O) groups excluding carboxylic acids is 2. The van der Waals surface area contributed by atoms with Crippen LogP contribution >= 0.6 is 7.82 Å². The quantitative estimate of drug-likeness (QED) is 0.0216. The van der Waals surface area contributed by atoms with Crippen LogP contribution < -0.4 is 0 Å². The first-order valence-electron chi connectivity index (χ1n) is 21.5. The molecular weight excluding hydrogens is 713 g/mol. The Balaban J connectivity index is 4.40. The summed E-state index contributed by atoms with van der Waals surface area (Å²) in [5.41, 5.74) is 0. The number of hydrogen-bond acceptors (Lipinski definition) is 7. The third-order valence-corrected chi connectivity index (χ3v) is 9.77. The first kappa shape index (κ1) is 52.7. The van der Waals surface area contributed by atoms with Gasteiger partial charge in [0, 0.05) is 12.8 Å². The lowest BCUT2D eigenvalue weighted by Gasteiger charge is -2.24.